The van der Waals surface area contributed by atoms with E-state index in [1.807, 2.05) is 80.5 Å². The number of hydrogen-bond acceptors (Lipinski definition) is 4. The van der Waals surface area contributed by atoms with E-state index in [0.717, 1.165) is 11.4 Å². The van der Waals surface area contributed by atoms with Gasteiger partial charge in [-0.1, -0.05) is 0 Å². The molecule has 4 heteroatoms. The molecule has 0 aliphatic heterocycles. The van der Waals surface area contributed by atoms with Gasteiger partial charge in [-0.2, -0.15) is 0 Å². The molecule has 0 saturated heterocycles. The molecule has 2 rings (SSSR count). The van der Waals surface area contributed by atoms with Crippen molar-refractivity contribution in [1.29, 1.82) is 0 Å². The summed E-state index contributed by atoms with van der Waals surface area (Å²) >= 11 is 0. The molecule has 0 aliphatic rings. The number of anilines is 2. The van der Waals surface area contributed by atoms with Gasteiger partial charge in [0.25, 0.3) is 0 Å². The van der Waals surface area contributed by atoms with E-state index in [1.54, 1.807) is 7.11 Å². The highest BCUT2D eigenvalue weighted by atomic mass is 16.5. The molecule has 0 aromatic heterocycles. The summed E-state index contributed by atoms with van der Waals surface area (Å²) in [5.74, 6) is 0.556. The van der Waals surface area contributed by atoms with E-state index >= 15 is 0 Å². The molecule has 0 heterocycles. The lowest BCUT2D eigenvalue weighted by atomic mass is 10.0. The van der Waals surface area contributed by atoms with Crippen LogP contribution in [0.15, 0.2) is 42.5 Å². The molecule has 0 N–H and O–H groups in total. The summed E-state index contributed by atoms with van der Waals surface area (Å²) in [6, 6.07) is 13.2. The first kappa shape index (κ1) is 15.9. The lowest BCUT2D eigenvalue weighted by Crippen LogP contribution is -2.11. The molecule has 22 heavy (non-hydrogen) atoms. The number of ether oxygens (including phenoxy) is 1. The molecule has 0 saturated carbocycles. The van der Waals surface area contributed by atoms with Crippen LogP contribution in [0.4, 0.5) is 11.4 Å². The molecule has 0 unspecified atom stereocenters. The summed E-state index contributed by atoms with van der Waals surface area (Å²) in [6.45, 7) is 0. The summed E-state index contributed by atoms with van der Waals surface area (Å²) in [4.78, 5) is 16.7. The van der Waals surface area contributed by atoms with Crippen LogP contribution in [0.1, 0.15) is 15.9 Å². The first-order valence-electron chi connectivity index (χ1n) is 7.11. The molecule has 0 fully saturated rings. The van der Waals surface area contributed by atoms with Crippen molar-refractivity contribution in [2.45, 2.75) is 0 Å². The molecule has 0 bridgehead atoms. The Morgan fingerprint density at radius 2 is 1.41 bits per heavy atom. The average molecular weight is 298 g/mol. The Labute approximate surface area is 131 Å². The van der Waals surface area contributed by atoms with E-state index in [9.17, 15) is 4.79 Å². The highest BCUT2D eigenvalue weighted by Gasteiger charge is 2.15. The number of carbonyl (C=O) groups excluding carboxylic acids is 1. The lowest BCUT2D eigenvalue weighted by Gasteiger charge is -2.16. The third-order valence-corrected chi connectivity index (χ3v) is 3.59. The Morgan fingerprint density at radius 1 is 0.864 bits per heavy atom. The third kappa shape index (κ3) is 3.22. The van der Waals surface area contributed by atoms with Crippen molar-refractivity contribution in [1.82, 2.24) is 0 Å². The van der Waals surface area contributed by atoms with Crippen LogP contribution in [-0.4, -0.2) is 41.1 Å². The fourth-order valence-corrected chi connectivity index (χ4v) is 2.21. The minimum atomic E-state index is -0.0348. The van der Waals surface area contributed by atoms with Crippen LogP contribution in [0.3, 0.4) is 0 Å². The number of methoxy groups -OCH3 is 1. The number of carbonyl (C=O) groups is 1. The zero-order valence-electron chi connectivity index (χ0n) is 13.8. The SMILES string of the molecule is COc1cc(N(C)C)ccc1C(=O)c1ccc(N(C)C)cc1. The van der Waals surface area contributed by atoms with Gasteiger partial charge < -0.3 is 14.5 Å². The normalized spacial score (nSPS) is 10.2. The number of nitrogens with zero attached hydrogens (tertiary/aromatic N) is 2. The number of ketones is 1. The van der Waals surface area contributed by atoms with Crippen LogP contribution in [0.25, 0.3) is 0 Å². The van der Waals surface area contributed by atoms with E-state index in [1.165, 1.54) is 0 Å². The quantitative estimate of drug-likeness (QED) is 0.794. The maximum absolute atomic E-state index is 12.7. The monoisotopic (exact) mass is 298 g/mol. The molecule has 0 aliphatic carbocycles. The highest BCUT2D eigenvalue weighted by Crippen LogP contribution is 2.27. The first-order valence-corrected chi connectivity index (χ1v) is 7.11. The second-order valence-electron chi connectivity index (χ2n) is 5.55. The molecule has 2 aromatic rings. The van der Waals surface area contributed by atoms with Crippen LogP contribution in [0.2, 0.25) is 0 Å². The third-order valence-electron chi connectivity index (χ3n) is 3.59. The standard InChI is InChI=1S/C18H22N2O2/c1-19(2)14-8-6-13(7-9-14)18(21)16-11-10-15(20(3)4)12-17(16)22-5/h6-12H,1-5H3. The molecule has 4 nitrogen and oxygen atoms in total. The van der Waals surface area contributed by atoms with Crippen LogP contribution >= 0.6 is 0 Å². The first-order chi connectivity index (χ1) is 10.4. The van der Waals surface area contributed by atoms with Crippen molar-refractivity contribution in [3.63, 3.8) is 0 Å². The predicted molar refractivity (Wildman–Crippen MR) is 91.5 cm³/mol. The van der Waals surface area contributed by atoms with E-state index < -0.39 is 0 Å². The largest absolute Gasteiger partial charge is 0.496 e. The van der Waals surface area contributed by atoms with Gasteiger partial charge in [0.05, 0.1) is 12.7 Å². The van der Waals surface area contributed by atoms with E-state index in [2.05, 4.69) is 0 Å². The zero-order chi connectivity index (χ0) is 16.3. The van der Waals surface area contributed by atoms with Crippen molar-refractivity contribution >= 4 is 17.2 Å². The molecular formula is C18H22N2O2. The summed E-state index contributed by atoms with van der Waals surface area (Å²) in [6.07, 6.45) is 0. The smallest absolute Gasteiger partial charge is 0.196 e. The summed E-state index contributed by atoms with van der Waals surface area (Å²) < 4.78 is 5.39. The number of benzene rings is 2. The second-order valence-corrected chi connectivity index (χ2v) is 5.55. The average Bonchev–Trinajstić information content (AvgIpc) is 2.53. The van der Waals surface area contributed by atoms with Gasteiger partial charge >= 0.3 is 0 Å². The molecular weight excluding hydrogens is 276 g/mol. The Morgan fingerprint density at radius 3 is 1.91 bits per heavy atom. The van der Waals surface area contributed by atoms with E-state index in [4.69, 9.17) is 4.74 Å². The van der Waals surface area contributed by atoms with Crippen molar-refractivity contribution < 1.29 is 9.53 Å². The van der Waals surface area contributed by atoms with E-state index in [-0.39, 0.29) is 5.78 Å². The minimum Gasteiger partial charge on any atom is -0.496 e. The molecule has 0 atom stereocenters. The number of hydrogen-bond donors (Lipinski definition) is 0. The fourth-order valence-electron chi connectivity index (χ4n) is 2.21. The molecule has 0 spiro atoms. The summed E-state index contributed by atoms with van der Waals surface area (Å²) in [7, 11) is 9.44. The van der Waals surface area contributed by atoms with Gasteiger partial charge in [-0.05, 0) is 36.4 Å². The van der Waals surface area contributed by atoms with Crippen LogP contribution in [0, 0.1) is 0 Å². The van der Waals surface area contributed by atoms with Gasteiger partial charge in [0.15, 0.2) is 5.78 Å². The summed E-state index contributed by atoms with van der Waals surface area (Å²) in [5, 5.41) is 0. The van der Waals surface area contributed by atoms with Crippen LogP contribution < -0.4 is 14.5 Å². The maximum atomic E-state index is 12.7. The van der Waals surface area contributed by atoms with Crippen molar-refractivity contribution in [3.05, 3.63) is 53.6 Å². The van der Waals surface area contributed by atoms with Crippen molar-refractivity contribution in [2.24, 2.45) is 0 Å². The Balaban J connectivity index is 2.36. The van der Waals surface area contributed by atoms with Gasteiger partial charge in [0.1, 0.15) is 5.75 Å². The van der Waals surface area contributed by atoms with Crippen LogP contribution in [-0.2, 0) is 0 Å². The predicted octanol–water partition coefficient (Wildman–Crippen LogP) is 3.06. The molecule has 116 valence electrons. The van der Waals surface area contributed by atoms with E-state index in [0.29, 0.717) is 16.9 Å². The lowest BCUT2D eigenvalue weighted by molar-refractivity contribution is 0.103. The Bertz CT molecular complexity index is 661. The second kappa shape index (κ2) is 6.52. The summed E-state index contributed by atoms with van der Waals surface area (Å²) in [5.41, 5.74) is 3.29. The molecule has 0 radical (unpaired) electrons. The van der Waals surface area contributed by atoms with Gasteiger partial charge in [0, 0.05) is 51.2 Å². The van der Waals surface area contributed by atoms with Gasteiger partial charge in [-0.25, -0.2) is 0 Å². The Hall–Kier alpha value is -2.49. The van der Waals surface area contributed by atoms with Gasteiger partial charge in [0.2, 0.25) is 0 Å². The topological polar surface area (TPSA) is 32.8 Å². The van der Waals surface area contributed by atoms with Gasteiger partial charge in [-0.3, -0.25) is 4.79 Å². The highest BCUT2D eigenvalue weighted by molar-refractivity contribution is 6.11. The van der Waals surface area contributed by atoms with Crippen molar-refractivity contribution in [2.75, 3.05) is 45.1 Å². The zero-order valence-corrected chi connectivity index (χ0v) is 13.8. The fraction of sp³-hybridized carbons (Fsp3) is 0.278. The molecule has 2 aromatic carbocycles. The minimum absolute atomic E-state index is 0.0348. The maximum Gasteiger partial charge on any atom is 0.196 e. The molecule has 0 amide bonds. The van der Waals surface area contributed by atoms with Crippen molar-refractivity contribution in [3.8, 4) is 5.75 Å². The number of rotatable bonds is 5. The Kier molecular flexibility index (Phi) is 4.71. The van der Waals surface area contributed by atoms with Gasteiger partial charge in [-0.15, -0.1) is 0 Å². The van der Waals surface area contributed by atoms with Crippen LogP contribution in [0.5, 0.6) is 5.75 Å².